The quantitative estimate of drug-likeness (QED) is 0.911. The lowest BCUT2D eigenvalue weighted by molar-refractivity contribution is 0.411. The summed E-state index contributed by atoms with van der Waals surface area (Å²) in [6.45, 7) is 0. The Morgan fingerprint density at radius 1 is 1.25 bits per heavy atom. The molecule has 2 heterocycles. The van der Waals surface area contributed by atoms with Gasteiger partial charge < -0.3 is 5.73 Å². The van der Waals surface area contributed by atoms with Gasteiger partial charge in [0.25, 0.3) is 0 Å². The van der Waals surface area contributed by atoms with Gasteiger partial charge >= 0.3 is 0 Å². The molecule has 4 nitrogen and oxygen atoms in total. The van der Waals surface area contributed by atoms with Gasteiger partial charge in [-0.1, -0.05) is 12.5 Å². The molecular weight excluding hydrogens is 248 g/mol. The molecule has 2 bridgehead atoms. The molecule has 0 aromatic carbocycles. The van der Waals surface area contributed by atoms with Crippen LogP contribution in [0.1, 0.15) is 37.3 Å². The van der Waals surface area contributed by atoms with Crippen molar-refractivity contribution in [3.05, 3.63) is 30.1 Å². The van der Waals surface area contributed by atoms with Gasteiger partial charge in [-0.2, -0.15) is 5.10 Å². The van der Waals surface area contributed by atoms with Crippen molar-refractivity contribution >= 4 is 5.82 Å². The molecule has 3 unspecified atom stereocenters. The second-order valence-corrected chi connectivity index (χ2v) is 6.27. The molecule has 0 radical (unpaired) electrons. The Labute approximate surface area is 119 Å². The van der Waals surface area contributed by atoms with Crippen LogP contribution in [-0.4, -0.2) is 14.8 Å². The van der Waals surface area contributed by atoms with Gasteiger partial charge in [-0.15, -0.1) is 0 Å². The molecule has 4 heteroatoms. The lowest BCUT2D eigenvalue weighted by Gasteiger charge is -2.20. The third-order valence-electron chi connectivity index (χ3n) is 5.13. The highest BCUT2D eigenvalue weighted by Gasteiger charge is 2.42. The normalized spacial score (nSPS) is 28.1. The molecule has 104 valence electrons. The standard InChI is InChI=1S/C16H20N4/c1-20-16(17)14(13-4-2-3-7-18-13)15(19-20)12-9-10-5-6-11(12)8-10/h2-4,7,10-12H,5-6,8-9,17H2,1H3. The van der Waals surface area contributed by atoms with E-state index in [0.717, 1.165) is 28.9 Å². The highest BCUT2D eigenvalue weighted by molar-refractivity contribution is 5.74. The molecule has 2 fully saturated rings. The number of aromatic nitrogens is 3. The summed E-state index contributed by atoms with van der Waals surface area (Å²) in [4.78, 5) is 4.48. The molecule has 0 spiro atoms. The van der Waals surface area contributed by atoms with Crippen molar-refractivity contribution in [1.29, 1.82) is 0 Å². The van der Waals surface area contributed by atoms with Crippen LogP contribution in [0.5, 0.6) is 0 Å². The molecule has 20 heavy (non-hydrogen) atoms. The van der Waals surface area contributed by atoms with Crippen molar-refractivity contribution in [3.8, 4) is 11.3 Å². The number of aryl methyl sites for hydroxylation is 1. The van der Waals surface area contributed by atoms with Gasteiger partial charge in [0, 0.05) is 19.2 Å². The molecule has 3 atom stereocenters. The number of fused-ring (bicyclic) bond motifs is 2. The number of hydrogen-bond donors (Lipinski definition) is 1. The van der Waals surface area contributed by atoms with Crippen molar-refractivity contribution in [2.45, 2.75) is 31.6 Å². The van der Waals surface area contributed by atoms with Gasteiger partial charge in [-0.3, -0.25) is 9.67 Å². The zero-order valence-electron chi connectivity index (χ0n) is 11.8. The minimum absolute atomic E-state index is 0.578. The van der Waals surface area contributed by atoms with Crippen molar-refractivity contribution in [1.82, 2.24) is 14.8 Å². The van der Waals surface area contributed by atoms with Gasteiger partial charge in [0.15, 0.2) is 0 Å². The summed E-state index contributed by atoms with van der Waals surface area (Å²) < 4.78 is 1.81. The molecule has 0 aliphatic heterocycles. The maximum absolute atomic E-state index is 6.26. The number of rotatable bonds is 2. The van der Waals surface area contributed by atoms with E-state index in [0.29, 0.717) is 5.92 Å². The predicted molar refractivity (Wildman–Crippen MR) is 79.0 cm³/mol. The second-order valence-electron chi connectivity index (χ2n) is 6.27. The van der Waals surface area contributed by atoms with Crippen LogP contribution in [0.15, 0.2) is 24.4 Å². The van der Waals surface area contributed by atoms with Crippen LogP contribution < -0.4 is 5.73 Å². The average molecular weight is 268 g/mol. The molecule has 2 aliphatic carbocycles. The Balaban J connectivity index is 1.82. The Morgan fingerprint density at radius 2 is 2.15 bits per heavy atom. The van der Waals surface area contributed by atoms with Crippen LogP contribution in [0.3, 0.4) is 0 Å². The fraction of sp³-hybridized carbons (Fsp3) is 0.500. The van der Waals surface area contributed by atoms with E-state index in [4.69, 9.17) is 10.8 Å². The number of nitrogens with two attached hydrogens (primary N) is 1. The first kappa shape index (κ1) is 11.9. The number of pyridine rings is 1. The van der Waals surface area contributed by atoms with E-state index in [1.165, 1.54) is 31.4 Å². The maximum Gasteiger partial charge on any atom is 0.131 e. The molecule has 2 saturated carbocycles. The van der Waals surface area contributed by atoms with Crippen LogP contribution >= 0.6 is 0 Å². The fourth-order valence-electron chi connectivity index (χ4n) is 4.17. The number of nitrogens with zero attached hydrogens (tertiary/aromatic N) is 3. The van der Waals surface area contributed by atoms with Gasteiger partial charge in [0.1, 0.15) is 5.82 Å². The van der Waals surface area contributed by atoms with Gasteiger partial charge in [0.2, 0.25) is 0 Å². The Morgan fingerprint density at radius 3 is 2.80 bits per heavy atom. The average Bonchev–Trinajstić information content (AvgIpc) is 3.16. The van der Waals surface area contributed by atoms with Crippen LogP contribution in [0.2, 0.25) is 0 Å². The summed E-state index contributed by atoms with van der Waals surface area (Å²) in [5.74, 6) is 3.03. The van der Waals surface area contributed by atoms with Crippen molar-refractivity contribution < 1.29 is 0 Å². The minimum Gasteiger partial charge on any atom is -0.383 e. The minimum atomic E-state index is 0.578. The lowest BCUT2D eigenvalue weighted by Crippen LogP contribution is -2.10. The van der Waals surface area contributed by atoms with Gasteiger partial charge in [-0.25, -0.2) is 0 Å². The van der Waals surface area contributed by atoms with E-state index in [2.05, 4.69) is 4.98 Å². The highest BCUT2D eigenvalue weighted by atomic mass is 15.3. The molecule has 2 aromatic rings. The van der Waals surface area contributed by atoms with Crippen LogP contribution in [-0.2, 0) is 7.05 Å². The Hall–Kier alpha value is -1.84. The van der Waals surface area contributed by atoms with Crippen molar-refractivity contribution in [2.75, 3.05) is 5.73 Å². The molecular formula is C16H20N4. The van der Waals surface area contributed by atoms with E-state index < -0.39 is 0 Å². The number of nitrogen functional groups attached to an aromatic ring is 1. The van der Waals surface area contributed by atoms with E-state index in [9.17, 15) is 0 Å². The first-order valence-electron chi connectivity index (χ1n) is 7.48. The molecule has 0 saturated heterocycles. The zero-order chi connectivity index (χ0) is 13.7. The van der Waals surface area contributed by atoms with Crippen molar-refractivity contribution in [2.24, 2.45) is 18.9 Å². The van der Waals surface area contributed by atoms with E-state index in [1.54, 1.807) is 0 Å². The topological polar surface area (TPSA) is 56.7 Å². The largest absolute Gasteiger partial charge is 0.383 e. The fourth-order valence-corrected chi connectivity index (χ4v) is 4.17. The summed E-state index contributed by atoms with van der Waals surface area (Å²) in [7, 11) is 1.93. The van der Waals surface area contributed by atoms with E-state index in [-0.39, 0.29) is 0 Å². The summed E-state index contributed by atoms with van der Waals surface area (Å²) in [5.41, 5.74) is 9.45. The smallest absolute Gasteiger partial charge is 0.131 e. The van der Waals surface area contributed by atoms with Gasteiger partial charge in [-0.05, 0) is 43.2 Å². The highest BCUT2D eigenvalue weighted by Crippen LogP contribution is 2.54. The molecule has 2 aromatic heterocycles. The zero-order valence-corrected chi connectivity index (χ0v) is 11.8. The maximum atomic E-state index is 6.26. The summed E-state index contributed by atoms with van der Waals surface area (Å²) in [5, 5.41) is 4.74. The third-order valence-corrected chi connectivity index (χ3v) is 5.13. The first-order chi connectivity index (χ1) is 9.74. The number of anilines is 1. The molecule has 4 rings (SSSR count). The molecule has 2 N–H and O–H groups in total. The predicted octanol–water partition coefficient (Wildman–Crippen LogP) is 2.97. The van der Waals surface area contributed by atoms with Crippen molar-refractivity contribution in [3.63, 3.8) is 0 Å². The summed E-state index contributed by atoms with van der Waals surface area (Å²) in [6.07, 6.45) is 7.24. The monoisotopic (exact) mass is 268 g/mol. The Bertz CT molecular complexity index is 631. The van der Waals surface area contributed by atoms with Crippen LogP contribution in [0.4, 0.5) is 5.82 Å². The Kier molecular flexibility index (Phi) is 2.59. The SMILES string of the molecule is Cn1nc(C2CC3CCC2C3)c(-c2ccccn2)c1N. The van der Waals surface area contributed by atoms with E-state index >= 15 is 0 Å². The number of hydrogen-bond acceptors (Lipinski definition) is 3. The summed E-state index contributed by atoms with van der Waals surface area (Å²) >= 11 is 0. The van der Waals surface area contributed by atoms with Crippen LogP contribution in [0, 0.1) is 11.8 Å². The third kappa shape index (κ3) is 1.67. The van der Waals surface area contributed by atoms with Crippen LogP contribution in [0.25, 0.3) is 11.3 Å². The van der Waals surface area contributed by atoms with E-state index in [1.807, 2.05) is 36.1 Å². The van der Waals surface area contributed by atoms with Gasteiger partial charge in [0.05, 0.1) is 17.0 Å². The second kappa shape index (κ2) is 4.33. The summed E-state index contributed by atoms with van der Waals surface area (Å²) in [6, 6.07) is 5.98. The molecule has 2 aliphatic rings. The molecule has 0 amide bonds. The first-order valence-corrected chi connectivity index (χ1v) is 7.48. The lowest BCUT2D eigenvalue weighted by atomic mass is 9.84.